The number of allylic oxidation sites excluding steroid dienone is 1. The third kappa shape index (κ3) is 4.06. The molecular formula is C24H31NO3. The normalized spacial score (nSPS) is 23.4. The smallest absolute Gasteiger partial charge is 0.328 e. The highest BCUT2D eigenvalue weighted by atomic mass is 16.4. The van der Waals surface area contributed by atoms with Crippen molar-refractivity contribution >= 4 is 17.6 Å². The van der Waals surface area contributed by atoms with Gasteiger partial charge in [-0.1, -0.05) is 57.0 Å². The average molecular weight is 382 g/mol. The van der Waals surface area contributed by atoms with Crippen LogP contribution in [-0.2, 0) is 9.59 Å². The summed E-state index contributed by atoms with van der Waals surface area (Å²) >= 11 is 0. The Labute approximate surface area is 167 Å². The van der Waals surface area contributed by atoms with E-state index in [4.69, 9.17) is 5.11 Å². The summed E-state index contributed by atoms with van der Waals surface area (Å²) in [5.41, 5.74) is 4.01. The van der Waals surface area contributed by atoms with E-state index in [2.05, 4.69) is 27.7 Å². The fraction of sp³-hybridized carbons (Fsp3) is 0.500. The summed E-state index contributed by atoms with van der Waals surface area (Å²) in [5.74, 6) is -1.38. The van der Waals surface area contributed by atoms with Crippen molar-refractivity contribution in [2.45, 2.75) is 65.8 Å². The molecule has 0 saturated carbocycles. The van der Waals surface area contributed by atoms with E-state index in [9.17, 15) is 9.59 Å². The average Bonchev–Trinajstić information content (AvgIpc) is 2.62. The first-order valence-corrected chi connectivity index (χ1v) is 10.1. The Bertz CT molecular complexity index is 818. The maximum atomic E-state index is 13.1. The number of carboxylic acids is 1. The fourth-order valence-corrected chi connectivity index (χ4v) is 4.91. The second-order valence-electron chi connectivity index (χ2n) is 9.42. The van der Waals surface area contributed by atoms with Crippen LogP contribution in [0, 0.1) is 10.8 Å². The van der Waals surface area contributed by atoms with Crippen molar-refractivity contribution in [3.63, 3.8) is 0 Å². The summed E-state index contributed by atoms with van der Waals surface area (Å²) in [5, 5.41) is 8.97. The van der Waals surface area contributed by atoms with Gasteiger partial charge in [0.15, 0.2) is 0 Å². The fourth-order valence-electron chi connectivity index (χ4n) is 4.91. The molecule has 4 nitrogen and oxygen atoms in total. The summed E-state index contributed by atoms with van der Waals surface area (Å²) in [6, 6.07) is 9.61. The number of hydrogen-bond donors (Lipinski definition) is 1. The molecule has 1 unspecified atom stereocenters. The summed E-state index contributed by atoms with van der Waals surface area (Å²) in [4.78, 5) is 25.9. The molecule has 28 heavy (non-hydrogen) atoms. The van der Waals surface area contributed by atoms with Crippen LogP contribution in [0.25, 0.3) is 0 Å². The summed E-state index contributed by atoms with van der Waals surface area (Å²) < 4.78 is 0. The van der Waals surface area contributed by atoms with Crippen molar-refractivity contribution in [1.29, 1.82) is 0 Å². The third-order valence-electron chi connectivity index (χ3n) is 6.45. The number of anilines is 1. The Morgan fingerprint density at radius 2 is 1.79 bits per heavy atom. The van der Waals surface area contributed by atoms with E-state index in [-0.39, 0.29) is 22.8 Å². The van der Waals surface area contributed by atoms with Crippen molar-refractivity contribution in [3.05, 3.63) is 53.6 Å². The van der Waals surface area contributed by atoms with Gasteiger partial charge in [-0.3, -0.25) is 4.79 Å². The van der Waals surface area contributed by atoms with E-state index in [0.29, 0.717) is 0 Å². The minimum Gasteiger partial charge on any atom is -0.478 e. The van der Waals surface area contributed by atoms with Gasteiger partial charge in [0.2, 0.25) is 0 Å². The van der Waals surface area contributed by atoms with Gasteiger partial charge in [-0.05, 0) is 55.1 Å². The summed E-state index contributed by atoms with van der Waals surface area (Å²) in [7, 11) is 0. The van der Waals surface area contributed by atoms with Gasteiger partial charge < -0.3 is 10.0 Å². The monoisotopic (exact) mass is 381 g/mol. The van der Waals surface area contributed by atoms with Crippen molar-refractivity contribution in [2.24, 2.45) is 10.8 Å². The Morgan fingerprint density at radius 1 is 1.11 bits per heavy atom. The zero-order valence-electron chi connectivity index (χ0n) is 17.4. The number of nitrogens with zero attached hydrogens (tertiary/aromatic N) is 1. The Hall–Kier alpha value is -2.36. The van der Waals surface area contributed by atoms with Crippen LogP contribution >= 0.6 is 0 Å². The van der Waals surface area contributed by atoms with Gasteiger partial charge in [-0.2, -0.15) is 0 Å². The molecule has 0 bridgehead atoms. The Balaban J connectivity index is 2.03. The molecule has 2 aliphatic rings. The van der Waals surface area contributed by atoms with Gasteiger partial charge in [-0.15, -0.1) is 0 Å². The predicted molar refractivity (Wildman–Crippen MR) is 112 cm³/mol. The molecule has 0 aromatic heterocycles. The first kappa shape index (κ1) is 20.4. The molecule has 0 aliphatic heterocycles. The lowest BCUT2D eigenvalue weighted by Crippen LogP contribution is -2.51. The zero-order chi connectivity index (χ0) is 20.5. The van der Waals surface area contributed by atoms with E-state index in [1.807, 2.05) is 35.2 Å². The van der Waals surface area contributed by atoms with Gasteiger partial charge >= 0.3 is 5.97 Å². The minimum atomic E-state index is -1.11. The molecule has 150 valence electrons. The first-order chi connectivity index (χ1) is 13.1. The molecule has 4 heteroatoms. The molecule has 0 heterocycles. The molecule has 1 atom stereocenters. The van der Waals surface area contributed by atoms with Gasteiger partial charge in [0.05, 0.1) is 0 Å². The SMILES string of the molecule is CC1(C)CCCC2=C1CC(C)(C)C(N(C(=O)/C=C/C(=O)O)c1ccccc1)C2. The Kier molecular flexibility index (Phi) is 5.51. The Morgan fingerprint density at radius 3 is 2.43 bits per heavy atom. The number of para-hydroxylation sites is 1. The van der Waals surface area contributed by atoms with Crippen molar-refractivity contribution in [1.82, 2.24) is 0 Å². The van der Waals surface area contributed by atoms with Crippen molar-refractivity contribution in [2.75, 3.05) is 4.90 Å². The molecule has 0 saturated heterocycles. The molecular weight excluding hydrogens is 350 g/mol. The van der Waals surface area contributed by atoms with E-state index in [1.54, 1.807) is 5.57 Å². The van der Waals surface area contributed by atoms with Gasteiger partial charge in [-0.25, -0.2) is 4.79 Å². The second kappa shape index (κ2) is 7.57. The third-order valence-corrected chi connectivity index (χ3v) is 6.45. The largest absolute Gasteiger partial charge is 0.478 e. The van der Waals surface area contributed by atoms with E-state index in [0.717, 1.165) is 31.0 Å². The molecule has 1 aromatic rings. The highest BCUT2D eigenvalue weighted by Crippen LogP contribution is 2.53. The number of carboxylic acid groups (broad SMARTS) is 1. The maximum Gasteiger partial charge on any atom is 0.328 e. The molecule has 1 N–H and O–H groups in total. The van der Waals surface area contributed by atoms with Crippen molar-refractivity contribution < 1.29 is 14.7 Å². The van der Waals surface area contributed by atoms with Crippen LogP contribution in [0.3, 0.4) is 0 Å². The number of rotatable bonds is 4. The molecule has 1 amide bonds. The minimum absolute atomic E-state index is 0.00602. The molecule has 3 rings (SSSR count). The van der Waals surface area contributed by atoms with E-state index in [1.165, 1.54) is 24.5 Å². The van der Waals surface area contributed by atoms with Crippen LogP contribution in [0.2, 0.25) is 0 Å². The van der Waals surface area contributed by atoms with Crippen LogP contribution < -0.4 is 4.90 Å². The van der Waals surface area contributed by atoms with Crippen LogP contribution in [0.15, 0.2) is 53.6 Å². The van der Waals surface area contributed by atoms with E-state index < -0.39 is 5.97 Å². The van der Waals surface area contributed by atoms with Gasteiger partial charge in [0.1, 0.15) is 0 Å². The first-order valence-electron chi connectivity index (χ1n) is 10.1. The number of hydrogen-bond acceptors (Lipinski definition) is 2. The molecule has 2 aliphatic carbocycles. The highest BCUT2D eigenvalue weighted by molar-refractivity contribution is 6.04. The van der Waals surface area contributed by atoms with Gasteiger partial charge in [0.25, 0.3) is 5.91 Å². The van der Waals surface area contributed by atoms with Crippen LogP contribution in [0.4, 0.5) is 5.69 Å². The lowest BCUT2D eigenvalue weighted by atomic mass is 9.60. The standard InChI is InChI=1S/C24H31NO3/c1-23(2)14-8-9-17-15-20(24(3,4)16-19(17)23)25(18-10-6-5-7-11-18)21(26)12-13-22(27)28/h5-7,10-13,20H,8-9,14-16H2,1-4H3,(H,27,28)/b13-12+. The lowest BCUT2D eigenvalue weighted by molar-refractivity contribution is -0.131. The van der Waals surface area contributed by atoms with Crippen molar-refractivity contribution in [3.8, 4) is 0 Å². The zero-order valence-corrected chi connectivity index (χ0v) is 17.4. The maximum absolute atomic E-state index is 13.1. The topological polar surface area (TPSA) is 57.6 Å². The second-order valence-corrected chi connectivity index (χ2v) is 9.42. The van der Waals surface area contributed by atoms with Crippen LogP contribution in [0.1, 0.15) is 59.8 Å². The molecule has 0 spiro atoms. The summed E-state index contributed by atoms with van der Waals surface area (Å²) in [6.07, 6.45) is 7.45. The van der Waals surface area contributed by atoms with Crippen LogP contribution in [-0.4, -0.2) is 23.0 Å². The van der Waals surface area contributed by atoms with Gasteiger partial charge in [0, 0.05) is 23.9 Å². The van der Waals surface area contributed by atoms with Crippen LogP contribution in [0.5, 0.6) is 0 Å². The van der Waals surface area contributed by atoms with E-state index >= 15 is 0 Å². The molecule has 0 fully saturated rings. The predicted octanol–water partition coefficient (Wildman–Crippen LogP) is 5.36. The lowest BCUT2D eigenvalue weighted by Gasteiger charge is -2.50. The highest BCUT2D eigenvalue weighted by Gasteiger charge is 2.45. The number of aliphatic carboxylic acids is 1. The number of carbonyl (C=O) groups is 2. The molecule has 0 radical (unpaired) electrons. The molecule has 1 aromatic carbocycles. The summed E-state index contributed by atoms with van der Waals surface area (Å²) in [6.45, 7) is 9.15. The number of carbonyl (C=O) groups excluding carboxylic acids is 1. The quantitative estimate of drug-likeness (QED) is 0.564. The number of benzene rings is 1. The number of amides is 1.